The lowest BCUT2D eigenvalue weighted by molar-refractivity contribution is -0.124. The van der Waals surface area contributed by atoms with E-state index in [2.05, 4.69) is 154 Å². The fourth-order valence-corrected chi connectivity index (χ4v) is 24.7. The molecule has 2 unspecified atom stereocenters. The van der Waals surface area contributed by atoms with Crippen molar-refractivity contribution in [2.24, 2.45) is 11.8 Å². The first kappa shape index (κ1) is 95.4. The minimum atomic E-state index is -0.0587. The van der Waals surface area contributed by atoms with Crippen LogP contribution < -0.4 is 0 Å². The van der Waals surface area contributed by atoms with Crippen molar-refractivity contribution in [1.82, 2.24) is 9.80 Å². The monoisotopic (exact) mass is 1600 g/mol. The third-order valence-electron chi connectivity index (χ3n) is 25.9. The lowest BCUT2D eigenvalue weighted by Gasteiger charge is -2.35. The second kappa shape index (κ2) is 52.9. The van der Waals surface area contributed by atoms with E-state index in [9.17, 15) is 0 Å². The molecule has 0 saturated heterocycles. The van der Waals surface area contributed by atoms with Crippen LogP contribution in [0.2, 0.25) is 0 Å². The van der Waals surface area contributed by atoms with Crippen LogP contribution in [0.1, 0.15) is 511 Å². The molecule has 0 bridgehead atoms. The van der Waals surface area contributed by atoms with Crippen LogP contribution in [0.15, 0.2) is 35.4 Å². The Kier molecular flexibility index (Phi) is 45.4. The van der Waals surface area contributed by atoms with Crippen molar-refractivity contribution in [2.45, 2.75) is 498 Å². The topological polar surface area (TPSA) is 40.6 Å². The molecule has 1 aliphatic carbocycles. The molecule has 4 nitrogen and oxygen atoms in total. The molecule has 0 N–H and O–H groups in total. The van der Waals surface area contributed by atoms with Gasteiger partial charge in [-0.2, -0.15) is 0 Å². The molecule has 111 heavy (non-hydrogen) atoms. The van der Waals surface area contributed by atoms with Gasteiger partial charge in [-0.25, -0.2) is 0 Å². The maximum atomic E-state index is 16.8. The molecule has 2 aliphatic heterocycles. The van der Waals surface area contributed by atoms with Crippen molar-refractivity contribution in [3.05, 3.63) is 77.2 Å². The van der Waals surface area contributed by atoms with Gasteiger partial charge in [0.05, 0.1) is 32.3 Å². The first-order chi connectivity index (χ1) is 54.0. The maximum absolute atomic E-state index is 16.8. The Morgan fingerprint density at radius 2 is 0.604 bits per heavy atom. The molecule has 4 aromatic heterocycles. The van der Waals surface area contributed by atoms with Gasteiger partial charge in [-0.15, -0.1) is 45.3 Å². The molecule has 8 heteroatoms. The number of fused-ring (bicyclic) bond motifs is 4. The SMILES string of the molecule is CCCCCCCCCCCCc1c(-c2ccc(C3=C4C(=O)N(CC(CCCCCC)CCCCCCCC)C(c5ccc(C(C)(C)C)s5)=C4C(=O)N3CC(CCCCCC)CCCCCCCC)s2)sc2c1C(CCCCCCCC)(CCCCCCCC)c1c-2sc(C(C)(C)C)c1CCCCCCCCCCCC. The van der Waals surface area contributed by atoms with Crippen LogP contribution in [0.3, 0.4) is 0 Å². The summed E-state index contributed by atoms with van der Waals surface area (Å²) in [5.41, 5.74) is 10.3. The van der Waals surface area contributed by atoms with Gasteiger partial charge in [0.25, 0.3) is 11.8 Å². The molecule has 2 atom stereocenters. The molecule has 2 amide bonds. The Morgan fingerprint density at radius 1 is 0.306 bits per heavy atom. The van der Waals surface area contributed by atoms with E-state index in [0.29, 0.717) is 36.1 Å². The number of thiophene rings is 4. The summed E-state index contributed by atoms with van der Waals surface area (Å²) >= 11 is 8.22. The predicted molar refractivity (Wildman–Crippen MR) is 498 cm³/mol. The molecular weight excluding hydrogens is 1430 g/mol. The fourth-order valence-electron chi connectivity index (χ4n) is 19.3. The third kappa shape index (κ3) is 29.3. The minimum absolute atomic E-state index is 0.00847. The molecule has 0 aromatic carbocycles. The molecule has 630 valence electrons. The standard InChI is InChI=1S/C103H172N2O2S4/c1-15-23-31-39-45-47-49-51-55-63-71-83-91-96(97-92(103(91,77-65-57-43-35-27-19-5)78-66-58-44-36-28-20-6)84(98(111-97)102(12,13)14)72-64-56-52-50-48-46-40-32-24-16-2)110-95(83)87-74-73-85(108-87)93-89-90(100(107)104(93)79-81(67-59-37-29-21-7)69-61-53-41-33-25-17-3)94(86-75-76-88(109-86)101(9,10)11)105(99(89)106)80-82(68-60-38-30-22-8)70-62-54-42-34-26-18-4/h73-76,81-82H,15-72,77-80H2,1-14H3. The van der Waals surface area contributed by atoms with E-state index in [4.69, 9.17) is 0 Å². The van der Waals surface area contributed by atoms with Gasteiger partial charge in [-0.3, -0.25) is 9.59 Å². The first-order valence-electron chi connectivity index (χ1n) is 48.7. The predicted octanol–water partition coefficient (Wildman–Crippen LogP) is 35.4. The number of carbonyl (C=O) groups is 2. The Bertz CT molecular complexity index is 3250. The smallest absolute Gasteiger partial charge is 0.261 e. The number of unbranched alkanes of at least 4 members (excludes halogenated alkanes) is 44. The van der Waals surface area contributed by atoms with Gasteiger partial charge >= 0.3 is 0 Å². The lowest BCUT2D eigenvalue weighted by atomic mass is 9.67. The summed E-state index contributed by atoms with van der Waals surface area (Å²) < 4.78 is 0. The normalized spacial score (nSPS) is 14.9. The van der Waals surface area contributed by atoms with Crippen molar-refractivity contribution in [3.8, 4) is 19.5 Å². The highest BCUT2D eigenvalue weighted by Crippen LogP contribution is 2.66. The van der Waals surface area contributed by atoms with E-state index in [1.807, 2.05) is 28.2 Å². The van der Waals surface area contributed by atoms with Gasteiger partial charge < -0.3 is 9.80 Å². The van der Waals surface area contributed by atoms with E-state index >= 15 is 9.59 Å². The average molecular weight is 1600 g/mol. The number of carbonyl (C=O) groups excluding carboxylic acids is 2. The summed E-state index contributed by atoms with van der Waals surface area (Å²) in [6, 6.07) is 9.55. The van der Waals surface area contributed by atoms with Gasteiger partial charge in [-0.05, 0) is 133 Å². The zero-order valence-corrected chi connectivity index (χ0v) is 78.4. The zero-order valence-electron chi connectivity index (χ0n) is 75.1. The second-order valence-electron chi connectivity index (χ2n) is 37.9. The van der Waals surface area contributed by atoms with Crippen molar-refractivity contribution < 1.29 is 9.59 Å². The fraction of sp³-hybridized carbons (Fsp3) is 0.786. The van der Waals surface area contributed by atoms with E-state index < -0.39 is 0 Å². The second-order valence-corrected chi connectivity index (χ2v) is 42.1. The van der Waals surface area contributed by atoms with E-state index in [0.717, 1.165) is 53.3 Å². The van der Waals surface area contributed by atoms with Crippen LogP contribution >= 0.6 is 45.3 Å². The molecule has 0 fully saturated rings. The third-order valence-corrected chi connectivity index (χ3v) is 31.7. The van der Waals surface area contributed by atoms with Gasteiger partial charge in [-0.1, -0.05) is 418 Å². The van der Waals surface area contributed by atoms with Crippen LogP contribution in [0.4, 0.5) is 0 Å². The summed E-state index contributed by atoms with van der Waals surface area (Å²) in [4.78, 5) is 49.4. The quantitative estimate of drug-likeness (QED) is 0.0413. The maximum Gasteiger partial charge on any atom is 0.261 e. The van der Waals surface area contributed by atoms with E-state index in [1.165, 1.54) is 368 Å². The van der Waals surface area contributed by atoms with Crippen LogP contribution in [-0.4, -0.2) is 34.7 Å². The van der Waals surface area contributed by atoms with Crippen LogP contribution in [0.25, 0.3) is 30.9 Å². The van der Waals surface area contributed by atoms with Crippen molar-refractivity contribution in [2.75, 3.05) is 13.1 Å². The lowest BCUT2D eigenvalue weighted by Crippen LogP contribution is -2.34. The van der Waals surface area contributed by atoms with Gasteiger partial charge in [0, 0.05) is 47.8 Å². The van der Waals surface area contributed by atoms with Crippen molar-refractivity contribution >= 4 is 68.6 Å². The largest absolute Gasteiger partial charge is 0.306 e. The molecular formula is C103H172N2O2S4. The molecule has 0 saturated carbocycles. The van der Waals surface area contributed by atoms with Crippen LogP contribution in [0, 0.1) is 11.8 Å². The number of nitrogens with zero attached hydrogens (tertiary/aromatic N) is 2. The van der Waals surface area contributed by atoms with Gasteiger partial charge in [0.15, 0.2) is 0 Å². The highest BCUT2D eigenvalue weighted by atomic mass is 32.1. The van der Waals surface area contributed by atoms with Gasteiger partial charge in [0.1, 0.15) is 0 Å². The number of hydrogen-bond acceptors (Lipinski definition) is 6. The van der Waals surface area contributed by atoms with Crippen LogP contribution in [-0.2, 0) is 38.7 Å². The minimum Gasteiger partial charge on any atom is -0.306 e. The molecule has 7 rings (SSSR count). The Hall–Kier alpha value is -2.78. The highest BCUT2D eigenvalue weighted by molar-refractivity contribution is 7.27. The Balaban J connectivity index is 1.46. The van der Waals surface area contributed by atoms with Crippen molar-refractivity contribution in [3.63, 3.8) is 0 Å². The van der Waals surface area contributed by atoms with E-state index in [1.54, 1.807) is 31.3 Å². The molecule has 6 heterocycles. The summed E-state index contributed by atoms with van der Waals surface area (Å²) in [6.45, 7) is 34.7. The summed E-state index contributed by atoms with van der Waals surface area (Å²) in [5.74, 6) is 0.920. The number of amides is 2. The number of rotatable bonds is 67. The Labute approximate surface area is 702 Å². The Morgan fingerprint density at radius 3 is 0.964 bits per heavy atom. The molecule has 4 aromatic rings. The summed E-state index contributed by atoms with van der Waals surface area (Å²) in [7, 11) is 0. The molecule has 3 aliphatic rings. The average Bonchev–Trinajstić information content (AvgIpc) is 1.52. The van der Waals surface area contributed by atoms with Crippen LogP contribution in [0.5, 0.6) is 0 Å². The van der Waals surface area contributed by atoms with E-state index in [-0.39, 0.29) is 28.1 Å². The molecule has 0 spiro atoms. The highest BCUT2D eigenvalue weighted by Gasteiger charge is 2.52. The number of hydrogen-bond donors (Lipinski definition) is 0. The first-order valence-corrected chi connectivity index (χ1v) is 51.9. The molecule has 0 radical (unpaired) electrons. The summed E-state index contributed by atoms with van der Waals surface area (Å²) in [6.07, 6.45) is 77.6. The summed E-state index contributed by atoms with van der Waals surface area (Å²) in [5, 5.41) is 0. The van der Waals surface area contributed by atoms with Gasteiger partial charge in [0.2, 0.25) is 0 Å². The van der Waals surface area contributed by atoms with Crippen molar-refractivity contribution in [1.29, 1.82) is 0 Å². The zero-order chi connectivity index (χ0) is 79.7.